The average Bonchev–Trinajstić information content (AvgIpc) is 2.18. The summed E-state index contributed by atoms with van der Waals surface area (Å²) in [6.45, 7) is -0.0145. The fraction of sp³-hybridized carbons (Fsp3) is 0.111. The van der Waals surface area contributed by atoms with Gasteiger partial charge in [0.05, 0.1) is 6.07 Å². The van der Waals surface area contributed by atoms with Gasteiger partial charge in [0.1, 0.15) is 6.54 Å². The zero-order chi connectivity index (χ0) is 10.4. The summed E-state index contributed by atoms with van der Waals surface area (Å²) in [5.74, 6) is 0. The van der Waals surface area contributed by atoms with Crippen molar-refractivity contribution >= 4 is 23.3 Å². The van der Waals surface area contributed by atoms with Crippen molar-refractivity contribution in [1.82, 2.24) is 5.32 Å². The fourth-order valence-corrected chi connectivity index (χ4v) is 0.954. The Labute approximate surface area is 86.5 Å². The minimum absolute atomic E-state index is 0.0145. The van der Waals surface area contributed by atoms with Gasteiger partial charge in [0, 0.05) is 10.7 Å². The summed E-state index contributed by atoms with van der Waals surface area (Å²) >= 11 is 5.66. The summed E-state index contributed by atoms with van der Waals surface area (Å²) in [7, 11) is 0. The molecule has 2 amide bonds. The van der Waals surface area contributed by atoms with E-state index in [0.717, 1.165) is 0 Å². The highest BCUT2D eigenvalue weighted by atomic mass is 35.5. The summed E-state index contributed by atoms with van der Waals surface area (Å²) in [5.41, 5.74) is 0.629. The van der Waals surface area contributed by atoms with Gasteiger partial charge in [0.2, 0.25) is 0 Å². The Kier molecular flexibility index (Phi) is 3.77. The first-order valence-electron chi connectivity index (χ1n) is 3.90. The summed E-state index contributed by atoms with van der Waals surface area (Å²) in [6.07, 6.45) is 0. The SMILES string of the molecule is N#CCNC(=O)Nc1ccc(Cl)cc1. The quantitative estimate of drug-likeness (QED) is 0.732. The van der Waals surface area contributed by atoms with E-state index in [1.807, 2.05) is 0 Å². The number of nitriles is 1. The number of nitrogens with one attached hydrogen (secondary N) is 2. The number of urea groups is 1. The van der Waals surface area contributed by atoms with Crippen LogP contribution in [0.3, 0.4) is 0 Å². The molecular formula is C9H8ClN3O. The topological polar surface area (TPSA) is 64.9 Å². The molecule has 0 fully saturated rings. The van der Waals surface area contributed by atoms with Gasteiger partial charge in [0.15, 0.2) is 0 Å². The van der Waals surface area contributed by atoms with Gasteiger partial charge in [-0.3, -0.25) is 0 Å². The third kappa shape index (κ3) is 3.33. The molecule has 0 atom stereocenters. The lowest BCUT2D eigenvalue weighted by Gasteiger charge is -2.04. The monoisotopic (exact) mass is 209 g/mol. The number of nitrogens with zero attached hydrogens (tertiary/aromatic N) is 1. The summed E-state index contributed by atoms with van der Waals surface area (Å²) in [6, 6.07) is 8.08. The summed E-state index contributed by atoms with van der Waals surface area (Å²) < 4.78 is 0. The maximum atomic E-state index is 11.0. The molecule has 1 rings (SSSR count). The van der Waals surface area contributed by atoms with Gasteiger partial charge in [-0.15, -0.1) is 0 Å². The number of anilines is 1. The lowest BCUT2D eigenvalue weighted by Crippen LogP contribution is -2.28. The number of carbonyl (C=O) groups is 1. The molecule has 0 unspecified atom stereocenters. The second kappa shape index (κ2) is 5.10. The second-order valence-electron chi connectivity index (χ2n) is 2.47. The number of rotatable bonds is 2. The number of carbonyl (C=O) groups excluding carboxylic acids is 1. The molecule has 0 aliphatic rings. The number of benzene rings is 1. The van der Waals surface area contributed by atoms with Crippen molar-refractivity contribution in [2.75, 3.05) is 11.9 Å². The van der Waals surface area contributed by atoms with Crippen LogP contribution < -0.4 is 10.6 Å². The summed E-state index contributed by atoms with van der Waals surface area (Å²) in [5, 5.41) is 13.7. The molecule has 72 valence electrons. The van der Waals surface area contributed by atoms with E-state index >= 15 is 0 Å². The van der Waals surface area contributed by atoms with Crippen LogP contribution in [0.25, 0.3) is 0 Å². The van der Waals surface area contributed by atoms with Crippen LogP contribution in [0.1, 0.15) is 0 Å². The van der Waals surface area contributed by atoms with Crippen molar-refractivity contribution in [2.45, 2.75) is 0 Å². The fourth-order valence-electron chi connectivity index (χ4n) is 0.828. The Hall–Kier alpha value is -1.73. The van der Waals surface area contributed by atoms with Crippen LogP contribution >= 0.6 is 11.6 Å². The molecule has 0 spiro atoms. The average molecular weight is 210 g/mol. The molecule has 0 aliphatic carbocycles. The molecule has 2 N–H and O–H groups in total. The van der Waals surface area contributed by atoms with Crippen LogP contribution in [0.4, 0.5) is 10.5 Å². The van der Waals surface area contributed by atoms with E-state index in [2.05, 4.69) is 10.6 Å². The first-order chi connectivity index (χ1) is 6.72. The largest absolute Gasteiger partial charge is 0.325 e. The first kappa shape index (κ1) is 10.4. The molecule has 0 bridgehead atoms. The van der Waals surface area contributed by atoms with Gasteiger partial charge in [0.25, 0.3) is 0 Å². The van der Waals surface area contributed by atoms with Crippen LogP contribution in [0.2, 0.25) is 5.02 Å². The molecule has 0 saturated carbocycles. The molecule has 1 aromatic carbocycles. The Bertz CT molecular complexity index is 355. The minimum Gasteiger partial charge on any atom is -0.325 e. The molecule has 5 heteroatoms. The third-order valence-corrected chi connectivity index (χ3v) is 1.68. The maximum absolute atomic E-state index is 11.0. The molecule has 0 heterocycles. The van der Waals surface area contributed by atoms with Crippen LogP contribution in [0.5, 0.6) is 0 Å². The Morgan fingerprint density at radius 1 is 1.43 bits per heavy atom. The van der Waals surface area contributed by atoms with Crippen molar-refractivity contribution in [2.24, 2.45) is 0 Å². The number of amides is 2. The molecule has 14 heavy (non-hydrogen) atoms. The predicted molar refractivity (Wildman–Crippen MR) is 54.1 cm³/mol. The Balaban J connectivity index is 2.49. The second-order valence-corrected chi connectivity index (χ2v) is 2.91. The normalized spacial score (nSPS) is 8.86. The van der Waals surface area contributed by atoms with Crippen molar-refractivity contribution in [3.05, 3.63) is 29.3 Å². The van der Waals surface area contributed by atoms with Crippen molar-refractivity contribution < 1.29 is 4.79 Å². The lowest BCUT2D eigenvalue weighted by atomic mass is 10.3. The van der Waals surface area contributed by atoms with Crippen LogP contribution in [0, 0.1) is 11.3 Å². The van der Waals surface area contributed by atoms with E-state index < -0.39 is 6.03 Å². The van der Waals surface area contributed by atoms with Crippen molar-refractivity contribution in [3.8, 4) is 6.07 Å². The zero-order valence-electron chi connectivity index (χ0n) is 7.25. The van der Waals surface area contributed by atoms with Crippen molar-refractivity contribution in [3.63, 3.8) is 0 Å². The van der Waals surface area contributed by atoms with E-state index in [9.17, 15) is 4.79 Å². The van der Waals surface area contributed by atoms with E-state index in [0.29, 0.717) is 10.7 Å². The van der Waals surface area contributed by atoms with Gasteiger partial charge >= 0.3 is 6.03 Å². The van der Waals surface area contributed by atoms with Gasteiger partial charge < -0.3 is 10.6 Å². The maximum Gasteiger partial charge on any atom is 0.320 e. The number of halogens is 1. The van der Waals surface area contributed by atoms with E-state index in [4.69, 9.17) is 16.9 Å². The molecular weight excluding hydrogens is 202 g/mol. The molecule has 0 saturated heterocycles. The summed E-state index contributed by atoms with van der Waals surface area (Å²) in [4.78, 5) is 11.0. The first-order valence-corrected chi connectivity index (χ1v) is 4.27. The standard InChI is InChI=1S/C9H8ClN3O/c10-7-1-3-8(4-2-7)13-9(14)12-6-5-11/h1-4H,6H2,(H2,12,13,14). The Morgan fingerprint density at radius 2 is 2.07 bits per heavy atom. The van der Waals surface area contributed by atoms with Gasteiger partial charge in [-0.05, 0) is 24.3 Å². The lowest BCUT2D eigenvalue weighted by molar-refractivity contribution is 0.253. The van der Waals surface area contributed by atoms with E-state index in [1.54, 1.807) is 30.3 Å². The van der Waals surface area contributed by atoms with Crippen molar-refractivity contribution in [1.29, 1.82) is 5.26 Å². The predicted octanol–water partition coefficient (Wildman–Crippen LogP) is 1.99. The van der Waals surface area contributed by atoms with Gasteiger partial charge in [-0.25, -0.2) is 4.79 Å². The van der Waals surface area contributed by atoms with Crippen LogP contribution in [-0.4, -0.2) is 12.6 Å². The van der Waals surface area contributed by atoms with E-state index in [-0.39, 0.29) is 6.54 Å². The molecule has 0 aliphatic heterocycles. The van der Waals surface area contributed by atoms with Crippen LogP contribution in [-0.2, 0) is 0 Å². The van der Waals surface area contributed by atoms with Gasteiger partial charge in [-0.1, -0.05) is 11.6 Å². The highest BCUT2D eigenvalue weighted by Gasteiger charge is 1.99. The third-order valence-electron chi connectivity index (χ3n) is 1.43. The van der Waals surface area contributed by atoms with Crippen LogP contribution in [0.15, 0.2) is 24.3 Å². The smallest absolute Gasteiger partial charge is 0.320 e. The molecule has 4 nitrogen and oxygen atoms in total. The highest BCUT2D eigenvalue weighted by Crippen LogP contribution is 2.12. The Morgan fingerprint density at radius 3 is 2.64 bits per heavy atom. The molecule has 0 aromatic heterocycles. The minimum atomic E-state index is -0.408. The zero-order valence-corrected chi connectivity index (χ0v) is 8.01. The highest BCUT2D eigenvalue weighted by molar-refractivity contribution is 6.30. The van der Waals surface area contributed by atoms with Gasteiger partial charge in [-0.2, -0.15) is 5.26 Å². The molecule has 1 aromatic rings. The number of hydrogen-bond donors (Lipinski definition) is 2. The van der Waals surface area contributed by atoms with E-state index in [1.165, 1.54) is 0 Å². The molecule has 0 radical (unpaired) electrons. The number of hydrogen-bond acceptors (Lipinski definition) is 2.